The van der Waals surface area contributed by atoms with Gasteiger partial charge >= 0.3 is 0 Å². The third-order valence-electron chi connectivity index (χ3n) is 6.05. The quantitative estimate of drug-likeness (QED) is 0.725. The molecule has 0 amide bonds. The van der Waals surface area contributed by atoms with Crippen molar-refractivity contribution in [2.75, 3.05) is 23.3 Å². The molecule has 6 nitrogen and oxygen atoms in total. The molecule has 7 heteroatoms. The first kappa shape index (κ1) is 18.2. The van der Waals surface area contributed by atoms with E-state index in [-0.39, 0.29) is 11.9 Å². The van der Waals surface area contributed by atoms with Crippen LogP contribution in [0.15, 0.2) is 30.5 Å². The van der Waals surface area contributed by atoms with Crippen LogP contribution < -0.4 is 10.2 Å². The van der Waals surface area contributed by atoms with Crippen LogP contribution in [-0.4, -0.2) is 40.5 Å². The van der Waals surface area contributed by atoms with E-state index in [1.165, 1.54) is 6.07 Å². The second-order valence-corrected chi connectivity index (χ2v) is 8.06. The van der Waals surface area contributed by atoms with Gasteiger partial charge in [-0.3, -0.25) is 0 Å². The zero-order valence-electron chi connectivity index (χ0n) is 16.8. The van der Waals surface area contributed by atoms with Crippen LogP contribution in [0.3, 0.4) is 0 Å². The number of fused-ring (bicyclic) bond motifs is 3. The molecule has 2 bridgehead atoms. The van der Waals surface area contributed by atoms with Crippen molar-refractivity contribution in [3.05, 3.63) is 53.1 Å². The maximum atomic E-state index is 14.0. The first-order valence-electron chi connectivity index (χ1n) is 10.0. The molecule has 3 aromatic rings. The summed E-state index contributed by atoms with van der Waals surface area (Å²) in [5.41, 5.74) is 2.39. The van der Waals surface area contributed by atoms with E-state index >= 15 is 0 Å². The van der Waals surface area contributed by atoms with Crippen LogP contribution in [0, 0.1) is 19.7 Å². The Kier molecular flexibility index (Phi) is 4.35. The van der Waals surface area contributed by atoms with Crippen LogP contribution >= 0.6 is 0 Å². The highest BCUT2D eigenvalue weighted by Crippen LogP contribution is 2.33. The Balaban J connectivity index is 1.50. The molecule has 0 aliphatic carbocycles. The van der Waals surface area contributed by atoms with Gasteiger partial charge in [-0.25, -0.2) is 9.37 Å². The van der Waals surface area contributed by atoms with E-state index in [1.807, 2.05) is 26.1 Å². The number of anilines is 2. The van der Waals surface area contributed by atoms with Gasteiger partial charge in [0, 0.05) is 36.5 Å². The largest absolute Gasteiger partial charge is 0.371 e. The topological polar surface area (TPSA) is 63.2 Å². The van der Waals surface area contributed by atoms with Crippen molar-refractivity contribution >= 4 is 22.4 Å². The predicted octanol–water partition coefficient (Wildman–Crippen LogP) is 3.93. The normalized spacial score (nSPS) is 21.7. The minimum atomic E-state index is -0.201. The smallest absolute Gasteiger partial charge is 0.157 e. The Morgan fingerprint density at radius 3 is 2.69 bits per heavy atom. The summed E-state index contributed by atoms with van der Waals surface area (Å²) in [6.45, 7) is 7.48. The standard InChI is InChI=1S/C22H24FN5O/c1-12-17(5-4-6-20(12)23)13(2)25-22-18-8-21(24-9-19(18)14(3)26-27-22)28-10-15-7-16(11-28)29-15/h4-6,8-9,13,15-16H,7,10-11H2,1-3H3,(H,25,27)/t13-,15?,16?/m1/s1. The third kappa shape index (κ3) is 3.19. The van der Waals surface area contributed by atoms with Gasteiger partial charge in [0.05, 0.1) is 23.9 Å². The fourth-order valence-electron chi connectivity index (χ4n) is 4.36. The lowest BCUT2D eigenvalue weighted by Crippen LogP contribution is -2.57. The zero-order chi connectivity index (χ0) is 20.1. The SMILES string of the molecule is Cc1c(F)cccc1[C@@H](C)Nc1nnc(C)c2cnc(N3CC4CC(C3)O4)cc12. The van der Waals surface area contributed by atoms with E-state index in [4.69, 9.17) is 4.74 Å². The van der Waals surface area contributed by atoms with E-state index in [1.54, 1.807) is 13.0 Å². The van der Waals surface area contributed by atoms with E-state index in [0.29, 0.717) is 23.6 Å². The first-order valence-corrected chi connectivity index (χ1v) is 10.0. The van der Waals surface area contributed by atoms with Crippen LogP contribution in [-0.2, 0) is 4.74 Å². The molecule has 5 heterocycles. The Labute approximate surface area is 169 Å². The summed E-state index contributed by atoms with van der Waals surface area (Å²) >= 11 is 0. The van der Waals surface area contributed by atoms with E-state index in [0.717, 1.165) is 47.4 Å². The van der Waals surface area contributed by atoms with Crippen LogP contribution in [0.1, 0.15) is 36.2 Å². The molecule has 3 atom stereocenters. The molecule has 3 aliphatic heterocycles. The van der Waals surface area contributed by atoms with Crippen molar-refractivity contribution in [2.24, 2.45) is 0 Å². The zero-order valence-corrected chi connectivity index (χ0v) is 16.8. The van der Waals surface area contributed by atoms with Gasteiger partial charge in [-0.15, -0.1) is 5.10 Å². The molecule has 0 spiro atoms. The van der Waals surface area contributed by atoms with Crippen LogP contribution in [0.25, 0.3) is 10.8 Å². The molecular weight excluding hydrogens is 369 g/mol. The number of rotatable bonds is 4. The predicted molar refractivity (Wildman–Crippen MR) is 111 cm³/mol. The number of pyridine rings is 1. The Bertz CT molecular complexity index is 1070. The van der Waals surface area contributed by atoms with Crippen molar-refractivity contribution < 1.29 is 9.13 Å². The number of hydrogen-bond donors (Lipinski definition) is 1. The third-order valence-corrected chi connectivity index (χ3v) is 6.05. The Morgan fingerprint density at radius 1 is 1.17 bits per heavy atom. The molecule has 3 aliphatic rings. The van der Waals surface area contributed by atoms with Gasteiger partial charge in [0.25, 0.3) is 0 Å². The molecule has 0 radical (unpaired) electrons. The van der Waals surface area contributed by atoms with Gasteiger partial charge < -0.3 is 15.0 Å². The van der Waals surface area contributed by atoms with Crippen molar-refractivity contribution in [2.45, 2.75) is 45.4 Å². The highest BCUT2D eigenvalue weighted by molar-refractivity contribution is 5.94. The van der Waals surface area contributed by atoms with E-state index < -0.39 is 0 Å². The summed E-state index contributed by atoms with van der Waals surface area (Å²) in [5, 5.41) is 14.1. The van der Waals surface area contributed by atoms with Crippen molar-refractivity contribution in [1.82, 2.24) is 15.2 Å². The van der Waals surface area contributed by atoms with Crippen LogP contribution in [0.2, 0.25) is 0 Å². The lowest BCUT2D eigenvalue weighted by molar-refractivity contribution is -0.133. The Morgan fingerprint density at radius 2 is 1.93 bits per heavy atom. The minimum Gasteiger partial charge on any atom is -0.371 e. The lowest BCUT2D eigenvalue weighted by Gasteiger charge is -2.47. The number of halogens is 1. The molecule has 1 N–H and O–H groups in total. The molecular formula is C22H24FN5O. The maximum Gasteiger partial charge on any atom is 0.157 e. The van der Waals surface area contributed by atoms with Crippen LogP contribution in [0.5, 0.6) is 0 Å². The molecule has 3 saturated heterocycles. The Hall–Kier alpha value is -2.80. The monoisotopic (exact) mass is 393 g/mol. The highest BCUT2D eigenvalue weighted by Gasteiger charge is 2.38. The summed E-state index contributed by atoms with van der Waals surface area (Å²) in [5.74, 6) is 1.41. The van der Waals surface area contributed by atoms with E-state index in [2.05, 4.69) is 31.5 Å². The van der Waals surface area contributed by atoms with Gasteiger partial charge in [-0.2, -0.15) is 5.10 Å². The number of aromatic nitrogens is 3. The second-order valence-electron chi connectivity index (χ2n) is 8.06. The summed E-state index contributed by atoms with van der Waals surface area (Å²) < 4.78 is 19.7. The van der Waals surface area contributed by atoms with Gasteiger partial charge in [0.2, 0.25) is 0 Å². The lowest BCUT2D eigenvalue weighted by atomic mass is 9.98. The summed E-state index contributed by atoms with van der Waals surface area (Å²) in [7, 11) is 0. The van der Waals surface area contributed by atoms with Crippen LogP contribution in [0.4, 0.5) is 16.0 Å². The van der Waals surface area contributed by atoms with Gasteiger partial charge in [0.15, 0.2) is 5.82 Å². The fourth-order valence-corrected chi connectivity index (χ4v) is 4.36. The number of ether oxygens (including phenoxy) is 1. The maximum absolute atomic E-state index is 14.0. The van der Waals surface area contributed by atoms with Gasteiger partial charge in [-0.05, 0) is 44.0 Å². The second kappa shape index (κ2) is 6.91. The van der Waals surface area contributed by atoms with E-state index in [9.17, 15) is 4.39 Å². The van der Waals surface area contributed by atoms with Crippen molar-refractivity contribution in [3.8, 4) is 0 Å². The molecule has 6 rings (SSSR count). The molecule has 29 heavy (non-hydrogen) atoms. The van der Waals surface area contributed by atoms with Gasteiger partial charge in [-0.1, -0.05) is 12.1 Å². The number of nitrogens with zero attached hydrogens (tertiary/aromatic N) is 4. The minimum absolute atomic E-state index is 0.112. The van der Waals surface area contributed by atoms with Crippen molar-refractivity contribution in [1.29, 1.82) is 0 Å². The molecule has 1 aromatic carbocycles. The number of benzene rings is 1. The summed E-state index contributed by atoms with van der Waals surface area (Å²) in [4.78, 5) is 6.95. The average Bonchev–Trinajstić information content (AvgIpc) is 2.71. The number of hydrogen-bond acceptors (Lipinski definition) is 6. The number of aryl methyl sites for hydroxylation is 1. The van der Waals surface area contributed by atoms with Crippen molar-refractivity contribution in [3.63, 3.8) is 0 Å². The van der Waals surface area contributed by atoms with Gasteiger partial charge in [0.1, 0.15) is 11.6 Å². The molecule has 3 fully saturated rings. The molecule has 0 saturated carbocycles. The molecule has 2 aromatic heterocycles. The molecule has 150 valence electrons. The number of nitrogens with one attached hydrogen (secondary N) is 1. The first-order chi connectivity index (χ1) is 14.0. The number of morpholine rings is 1. The average molecular weight is 393 g/mol. The highest BCUT2D eigenvalue weighted by atomic mass is 19.1. The fraction of sp³-hybridized carbons (Fsp3) is 0.409. The summed E-state index contributed by atoms with van der Waals surface area (Å²) in [6, 6.07) is 7.12. The number of piperidine rings is 1. The molecule has 2 unspecified atom stereocenters. The summed E-state index contributed by atoms with van der Waals surface area (Å²) in [6.07, 6.45) is 3.65.